The summed E-state index contributed by atoms with van der Waals surface area (Å²) in [5.41, 5.74) is 2.24. The van der Waals surface area contributed by atoms with Crippen molar-refractivity contribution >= 4 is 11.5 Å². The average molecular weight is 232 g/mol. The SMILES string of the molecule is CN1CCC=C(c2cnoc2NCCC#N)C1. The van der Waals surface area contributed by atoms with Crippen molar-refractivity contribution in [2.75, 3.05) is 32.0 Å². The average Bonchev–Trinajstić information content (AvgIpc) is 2.78. The van der Waals surface area contributed by atoms with Crippen molar-refractivity contribution in [3.05, 3.63) is 17.8 Å². The first-order valence-corrected chi connectivity index (χ1v) is 5.74. The topological polar surface area (TPSA) is 65.1 Å². The molecule has 1 aliphatic heterocycles. The van der Waals surface area contributed by atoms with Gasteiger partial charge in [0, 0.05) is 19.6 Å². The van der Waals surface area contributed by atoms with Crippen LogP contribution in [0.25, 0.3) is 5.57 Å². The number of rotatable bonds is 4. The molecule has 0 bridgehead atoms. The third-order valence-electron chi connectivity index (χ3n) is 2.78. The first-order valence-electron chi connectivity index (χ1n) is 5.74. The lowest BCUT2D eigenvalue weighted by atomic mass is 10.0. The van der Waals surface area contributed by atoms with Crippen molar-refractivity contribution in [2.24, 2.45) is 0 Å². The van der Waals surface area contributed by atoms with Crippen molar-refractivity contribution in [3.63, 3.8) is 0 Å². The normalized spacial score (nSPS) is 16.4. The smallest absolute Gasteiger partial charge is 0.232 e. The minimum Gasteiger partial charge on any atom is -0.352 e. The van der Waals surface area contributed by atoms with Gasteiger partial charge in [-0.25, -0.2) is 0 Å². The first-order chi connectivity index (χ1) is 8.31. The quantitative estimate of drug-likeness (QED) is 0.801. The van der Waals surface area contributed by atoms with Gasteiger partial charge >= 0.3 is 0 Å². The van der Waals surface area contributed by atoms with E-state index in [1.165, 1.54) is 5.57 Å². The van der Waals surface area contributed by atoms with Gasteiger partial charge in [-0.3, -0.25) is 0 Å². The predicted octanol–water partition coefficient (Wildman–Crippen LogP) is 1.72. The van der Waals surface area contributed by atoms with E-state index in [1.807, 2.05) is 0 Å². The molecule has 1 N–H and O–H groups in total. The number of anilines is 1. The summed E-state index contributed by atoms with van der Waals surface area (Å²) in [5, 5.41) is 15.4. The summed E-state index contributed by atoms with van der Waals surface area (Å²) >= 11 is 0. The fourth-order valence-electron chi connectivity index (χ4n) is 1.92. The molecule has 0 saturated carbocycles. The monoisotopic (exact) mass is 232 g/mol. The number of nitrogens with one attached hydrogen (secondary N) is 1. The molecule has 0 atom stereocenters. The molecule has 0 radical (unpaired) electrons. The van der Waals surface area contributed by atoms with Crippen molar-refractivity contribution < 1.29 is 4.52 Å². The number of nitriles is 1. The Morgan fingerprint density at radius 3 is 3.29 bits per heavy atom. The molecule has 17 heavy (non-hydrogen) atoms. The van der Waals surface area contributed by atoms with Crippen LogP contribution in [0.15, 0.2) is 16.8 Å². The molecule has 0 aromatic carbocycles. The summed E-state index contributed by atoms with van der Waals surface area (Å²) in [6.45, 7) is 2.59. The van der Waals surface area contributed by atoms with Gasteiger partial charge in [0.1, 0.15) is 0 Å². The first kappa shape index (κ1) is 11.7. The van der Waals surface area contributed by atoms with Gasteiger partial charge in [0.05, 0.1) is 24.3 Å². The Bertz CT molecular complexity index is 444. The summed E-state index contributed by atoms with van der Waals surface area (Å²) in [7, 11) is 2.10. The molecule has 0 amide bonds. The zero-order chi connectivity index (χ0) is 12.1. The van der Waals surface area contributed by atoms with Crippen LogP contribution in [-0.2, 0) is 0 Å². The highest BCUT2D eigenvalue weighted by molar-refractivity contribution is 5.74. The van der Waals surface area contributed by atoms with Crippen LogP contribution in [0.5, 0.6) is 0 Å². The summed E-state index contributed by atoms with van der Waals surface area (Å²) < 4.78 is 5.17. The van der Waals surface area contributed by atoms with Gasteiger partial charge in [-0.2, -0.15) is 5.26 Å². The van der Waals surface area contributed by atoms with Crippen LogP contribution in [0.4, 0.5) is 5.88 Å². The Kier molecular flexibility index (Phi) is 3.78. The van der Waals surface area contributed by atoms with E-state index in [4.69, 9.17) is 9.78 Å². The third-order valence-corrected chi connectivity index (χ3v) is 2.78. The Balaban J connectivity index is 2.08. The molecule has 0 fully saturated rings. The molecule has 0 aliphatic carbocycles. The van der Waals surface area contributed by atoms with Crippen LogP contribution in [0.3, 0.4) is 0 Å². The molecule has 5 nitrogen and oxygen atoms in total. The number of likely N-dealkylation sites (N-methyl/N-ethyl adjacent to an activating group) is 1. The van der Waals surface area contributed by atoms with Crippen LogP contribution in [-0.4, -0.2) is 36.7 Å². The summed E-state index contributed by atoms with van der Waals surface area (Å²) in [5.74, 6) is 0.668. The van der Waals surface area contributed by atoms with Crippen molar-refractivity contribution in [3.8, 4) is 6.07 Å². The number of nitrogens with zero attached hydrogens (tertiary/aromatic N) is 3. The second kappa shape index (κ2) is 5.51. The molecular formula is C12H16N4O. The van der Waals surface area contributed by atoms with E-state index in [0.29, 0.717) is 18.8 Å². The lowest BCUT2D eigenvalue weighted by Crippen LogP contribution is -2.25. The van der Waals surface area contributed by atoms with E-state index < -0.39 is 0 Å². The second-order valence-electron chi connectivity index (χ2n) is 4.16. The fourth-order valence-corrected chi connectivity index (χ4v) is 1.92. The van der Waals surface area contributed by atoms with Crippen LogP contribution in [0, 0.1) is 11.3 Å². The molecule has 1 aromatic rings. The Morgan fingerprint density at radius 2 is 2.53 bits per heavy atom. The molecule has 0 spiro atoms. The maximum absolute atomic E-state index is 8.49. The van der Waals surface area contributed by atoms with E-state index in [-0.39, 0.29) is 0 Å². The lowest BCUT2D eigenvalue weighted by molar-refractivity contribution is 0.372. The highest BCUT2D eigenvalue weighted by atomic mass is 16.5. The van der Waals surface area contributed by atoms with Gasteiger partial charge in [0.2, 0.25) is 5.88 Å². The van der Waals surface area contributed by atoms with Crippen LogP contribution in [0.2, 0.25) is 0 Å². The van der Waals surface area contributed by atoms with Crippen LogP contribution < -0.4 is 5.32 Å². The largest absolute Gasteiger partial charge is 0.352 e. The Labute approximate surface area is 101 Å². The van der Waals surface area contributed by atoms with E-state index in [9.17, 15) is 0 Å². The van der Waals surface area contributed by atoms with Crippen molar-refractivity contribution in [1.82, 2.24) is 10.1 Å². The third kappa shape index (κ3) is 2.86. The van der Waals surface area contributed by atoms with E-state index in [0.717, 1.165) is 25.1 Å². The van der Waals surface area contributed by atoms with Gasteiger partial charge in [-0.1, -0.05) is 11.2 Å². The summed E-state index contributed by atoms with van der Waals surface area (Å²) in [4.78, 5) is 2.27. The molecule has 1 aliphatic rings. The van der Waals surface area contributed by atoms with Crippen molar-refractivity contribution in [2.45, 2.75) is 12.8 Å². The van der Waals surface area contributed by atoms with Crippen LogP contribution in [0.1, 0.15) is 18.4 Å². The fraction of sp³-hybridized carbons (Fsp3) is 0.500. The Morgan fingerprint density at radius 1 is 1.65 bits per heavy atom. The van der Waals surface area contributed by atoms with Gasteiger partial charge in [-0.05, 0) is 19.0 Å². The van der Waals surface area contributed by atoms with E-state index in [2.05, 4.69) is 34.6 Å². The Hall–Kier alpha value is -1.80. The lowest BCUT2D eigenvalue weighted by Gasteiger charge is -2.22. The minimum absolute atomic E-state index is 0.457. The molecule has 90 valence electrons. The predicted molar refractivity (Wildman–Crippen MR) is 65.3 cm³/mol. The molecule has 0 unspecified atom stereocenters. The van der Waals surface area contributed by atoms with E-state index in [1.54, 1.807) is 6.20 Å². The maximum atomic E-state index is 8.49. The minimum atomic E-state index is 0.457. The maximum Gasteiger partial charge on any atom is 0.232 e. The van der Waals surface area contributed by atoms with Gasteiger partial charge in [0.25, 0.3) is 0 Å². The summed E-state index contributed by atoms with van der Waals surface area (Å²) in [6, 6.07) is 2.09. The van der Waals surface area contributed by atoms with Crippen LogP contribution >= 0.6 is 0 Å². The number of hydrogen-bond acceptors (Lipinski definition) is 5. The second-order valence-corrected chi connectivity index (χ2v) is 4.16. The number of aromatic nitrogens is 1. The van der Waals surface area contributed by atoms with Gasteiger partial charge in [-0.15, -0.1) is 0 Å². The van der Waals surface area contributed by atoms with Gasteiger partial charge < -0.3 is 14.7 Å². The molecular weight excluding hydrogens is 216 g/mol. The van der Waals surface area contributed by atoms with Crippen molar-refractivity contribution in [1.29, 1.82) is 5.26 Å². The molecule has 5 heteroatoms. The highest BCUT2D eigenvalue weighted by Gasteiger charge is 2.16. The van der Waals surface area contributed by atoms with Gasteiger partial charge in [0.15, 0.2) is 0 Å². The number of hydrogen-bond donors (Lipinski definition) is 1. The standard InChI is InChI=1S/C12H16N4O/c1-16-7-2-4-10(9-16)11-8-15-17-12(11)14-6-3-5-13/h4,8,14H,2-3,6-7,9H2,1H3. The zero-order valence-corrected chi connectivity index (χ0v) is 9.94. The molecule has 0 saturated heterocycles. The highest BCUT2D eigenvalue weighted by Crippen LogP contribution is 2.26. The molecule has 2 rings (SSSR count). The van der Waals surface area contributed by atoms with E-state index >= 15 is 0 Å². The molecule has 2 heterocycles. The zero-order valence-electron chi connectivity index (χ0n) is 9.94. The molecule has 1 aromatic heterocycles. The summed E-state index contributed by atoms with van der Waals surface area (Å²) in [6.07, 6.45) is 5.47.